The molecule has 1 atom stereocenters. The van der Waals surface area contributed by atoms with E-state index in [1.165, 1.54) is 22.0 Å². The Hall–Kier alpha value is -2.06. The second-order valence-corrected chi connectivity index (χ2v) is 8.20. The van der Waals surface area contributed by atoms with Crippen LogP contribution in [0.2, 0.25) is 0 Å². The van der Waals surface area contributed by atoms with Gasteiger partial charge in [0.25, 0.3) is 0 Å². The van der Waals surface area contributed by atoms with E-state index in [4.69, 9.17) is 9.47 Å². The first-order valence-corrected chi connectivity index (χ1v) is 9.99. The Morgan fingerprint density at radius 2 is 2.04 bits per heavy atom. The summed E-state index contributed by atoms with van der Waals surface area (Å²) in [6.45, 7) is 0. The zero-order valence-corrected chi connectivity index (χ0v) is 15.2. The average Bonchev–Trinajstić information content (AvgIpc) is 3.22. The van der Waals surface area contributed by atoms with Crippen molar-refractivity contribution in [2.24, 2.45) is 5.10 Å². The number of hydrogen-bond acceptors (Lipinski definition) is 6. The Kier molecular flexibility index (Phi) is 4.51. The summed E-state index contributed by atoms with van der Waals surface area (Å²) < 4.78 is 36.1. The lowest BCUT2D eigenvalue weighted by Crippen LogP contribution is -2.25. The number of thiophene rings is 1. The fourth-order valence-electron chi connectivity index (χ4n) is 2.69. The van der Waals surface area contributed by atoms with Crippen molar-refractivity contribution in [2.75, 3.05) is 20.5 Å². The quantitative estimate of drug-likeness (QED) is 0.816. The van der Waals surface area contributed by atoms with Gasteiger partial charge in [0.15, 0.2) is 0 Å². The predicted octanol–water partition coefficient (Wildman–Crippen LogP) is 2.88. The molecule has 3 rings (SSSR count). The van der Waals surface area contributed by atoms with Crippen molar-refractivity contribution in [2.45, 2.75) is 12.5 Å². The molecule has 0 bridgehead atoms. The number of hydrazone groups is 1. The fourth-order valence-corrected chi connectivity index (χ4v) is 4.46. The first-order chi connectivity index (χ1) is 11.4. The lowest BCUT2D eigenvalue weighted by atomic mass is 10.0. The molecule has 1 aliphatic rings. The van der Waals surface area contributed by atoms with Crippen molar-refractivity contribution >= 4 is 27.1 Å². The van der Waals surface area contributed by atoms with E-state index < -0.39 is 10.0 Å². The molecule has 1 aromatic carbocycles. The highest BCUT2D eigenvalue weighted by Gasteiger charge is 2.35. The minimum Gasteiger partial charge on any atom is -0.497 e. The third-order valence-electron chi connectivity index (χ3n) is 3.80. The Morgan fingerprint density at radius 1 is 1.25 bits per heavy atom. The monoisotopic (exact) mass is 366 g/mol. The van der Waals surface area contributed by atoms with Gasteiger partial charge in [0.1, 0.15) is 17.5 Å². The van der Waals surface area contributed by atoms with Crippen LogP contribution in [0.3, 0.4) is 0 Å². The second-order valence-electron chi connectivity index (χ2n) is 5.38. The van der Waals surface area contributed by atoms with Crippen molar-refractivity contribution in [3.05, 3.63) is 46.2 Å². The van der Waals surface area contributed by atoms with Crippen LogP contribution in [-0.4, -0.2) is 39.0 Å². The molecule has 24 heavy (non-hydrogen) atoms. The molecule has 0 saturated carbocycles. The topological polar surface area (TPSA) is 68.2 Å². The number of nitrogens with zero attached hydrogens (tertiary/aromatic N) is 2. The summed E-state index contributed by atoms with van der Waals surface area (Å²) in [7, 11) is -0.313. The van der Waals surface area contributed by atoms with Gasteiger partial charge in [-0.15, -0.1) is 11.3 Å². The minimum atomic E-state index is -3.46. The van der Waals surface area contributed by atoms with Crippen molar-refractivity contribution in [1.82, 2.24) is 4.41 Å². The zero-order valence-electron chi connectivity index (χ0n) is 13.6. The average molecular weight is 366 g/mol. The van der Waals surface area contributed by atoms with Crippen LogP contribution < -0.4 is 9.47 Å². The third kappa shape index (κ3) is 3.11. The molecule has 0 aliphatic carbocycles. The maximum absolute atomic E-state index is 12.1. The Balaban J connectivity index is 2.03. The van der Waals surface area contributed by atoms with Gasteiger partial charge < -0.3 is 9.47 Å². The maximum Gasteiger partial charge on any atom is 0.247 e. The highest BCUT2D eigenvalue weighted by molar-refractivity contribution is 7.88. The highest BCUT2D eigenvalue weighted by Crippen LogP contribution is 2.38. The lowest BCUT2D eigenvalue weighted by molar-refractivity contribution is 0.379. The van der Waals surface area contributed by atoms with Gasteiger partial charge in [0, 0.05) is 22.9 Å². The number of sulfonamides is 1. The Labute approximate surface area is 145 Å². The number of methoxy groups -OCH3 is 2. The van der Waals surface area contributed by atoms with Crippen molar-refractivity contribution in [3.8, 4) is 11.5 Å². The number of hydrogen-bond donors (Lipinski definition) is 0. The van der Waals surface area contributed by atoms with E-state index in [1.807, 2.05) is 29.6 Å². The van der Waals surface area contributed by atoms with E-state index in [-0.39, 0.29) is 6.04 Å². The molecule has 0 saturated heterocycles. The SMILES string of the molecule is COc1ccc(C2=NN(S(C)(=O)=O)[C@@H](c3cccs3)C2)c(OC)c1. The van der Waals surface area contributed by atoms with E-state index >= 15 is 0 Å². The van der Waals surface area contributed by atoms with Crippen LogP contribution in [-0.2, 0) is 10.0 Å². The van der Waals surface area contributed by atoms with E-state index in [2.05, 4.69) is 5.10 Å². The summed E-state index contributed by atoms with van der Waals surface area (Å²) in [6.07, 6.45) is 1.67. The summed E-state index contributed by atoms with van der Waals surface area (Å²) in [5, 5.41) is 6.31. The fraction of sp³-hybridized carbons (Fsp3) is 0.312. The molecule has 1 aromatic heterocycles. The maximum atomic E-state index is 12.1. The van der Waals surface area contributed by atoms with Crippen LogP contribution in [0.4, 0.5) is 0 Å². The summed E-state index contributed by atoms with van der Waals surface area (Å²) in [5.41, 5.74) is 1.45. The third-order valence-corrected chi connectivity index (χ3v) is 5.79. The van der Waals surface area contributed by atoms with Crippen molar-refractivity contribution < 1.29 is 17.9 Å². The Morgan fingerprint density at radius 3 is 2.62 bits per heavy atom. The number of ether oxygens (including phenoxy) is 2. The molecule has 8 heteroatoms. The van der Waals surface area contributed by atoms with Crippen LogP contribution in [0.5, 0.6) is 11.5 Å². The smallest absolute Gasteiger partial charge is 0.247 e. The summed E-state index contributed by atoms with van der Waals surface area (Å²) >= 11 is 1.52. The van der Waals surface area contributed by atoms with E-state index in [1.54, 1.807) is 20.3 Å². The van der Waals surface area contributed by atoms with Gasteiger partial charge in [-0.05, 0) is 23.6 Å². The summed E-state index contributed by atoms with van der Waals surface area (Å²) in [6, 6.07) is 8.93. The van der Waals surface area contributed by atoms with Crippen LogP contribution in [0.1, 0.15) is 22.9 Å². The first kappa shape index (κ1) is 16.8. The molecular weight excluding hydrogens is 348 g/mol. The van der Waals surface area contributed by atoms with Gasteiger partial charge in [-0.2, -0.15) is 9.52 Å². The zero-order chi connectivity index (χ0) is 17.3. The molecule has 0 radical (unpaired) electrons. The normalized spacial score (nSPS) is 17.7. The largest absolute Gasteiger partial charge is 0.497 e. The molecule has 2 aromatic rings. The van der Waals surface area contributed by atoms with Gasteiger partial charge in [-0.3, -0.25) is 0 Å². The van der Waals surface area contributed by atoms with Gasteiger partial charge in [0.2, 0.25) is 10.0 Å². The lowest BCUT2D eigenvalue weighted by Gasteiger charge is -2.19. The molecular formula is C16H18N2O4S2. The minimum absolute atomic E-state index is 0.318. The highest BCUT2D eigenvalue weighted by atomic mass is 32.2. The summed E-state index contributed by atoms with van der Waals surface area (Å²) in [4.78, 5) is 0.964. The molecule has 0 N–H and O–H groups in total. The van der Waals surface area contributed by atoms with E-state index in [0.717, 1.165) is 10.4 Å². The number of benzene rings is 1. The van der Waals surface area contributed by atoms with Gasteiger partial charge in [-0.1, -0.05) is 6.07 Å². The van der Waals surface area contributed by atoms with Crippen molar-refractivity contribution in [1.29, 1.82) is 0 Å². The molecule has 2 heterocycles. The standard InChI is InChI=1S/C16H18N2O4S2/c1-21-11-6-7-12(15(9-11)22-2)13-10-14(16-5-4-8-23-16)18(17-13)24(3,19)20/h4-9,14H,10H2,1-3H3/t14-/m1/s1. The number of rotatable bonds is 5. The van der Waals surface area contributed by atoms with Crippen LogP contribution in [0.15, 0.2) is 40.8 Å². The van der Waals surface area contributed by atoms with E-state index in [0.29, 0.717) is 23.6 Å². The van der Waals surface area contributed by atoms with Crippen molar-refractivity contribution in [3.63, 3.8) is 0 Å². The van der Waals surface area contributed by atoms with Crippen LogP contribution >= 0.6 is 11.3 Å². The molecule has 1 aliphatic heterocycles. The Bertz CT molecular complexity index is 860. The van der Waals surface area contributed by atoms with Crippen LogP contribution in [0.25, 0.3) is 0 Å². The summed E-state index contributed by atoms with van der Waals surface area (Å²) in [5.74, 6) is 1.28. The molecule has 6 nitrogen and oxygen atoms in total. The second kappa shape index (κ2) is 6.45. The predicted molar refractivity (Wildman–Crippen MR) is 94.4 cm³/mol. The molecule has 0 spiro atoms. The molecule has 0 unspecified atom stereocenters. The van der Waals surface area contributed by atoms with Gasteiger partial charge >= 0.3 is 0 Å². The molecule has 0 fully saturated rings. The first-order valence-electron chi connectivity index (χ1n) is 7.26. The van der Waals surface area contributed by atoms with Gasteiger partial charge in [0.05, 0.1) is 26.2 Å². The van der Waals surface area contributed by atoms with Crippen LogP contribution in [0, 0.1) is 0 Å². The van der Waals surface area contributed by atoms with E-state index in [9.17, 15) is 8.42 Å². The molecule has 128 valence electrons. The van der Waals surface area contributed by atoms with Gasteiger partial charge in [-0.25, -0.2) is 8.42 Å². The molecule has 0 amide bonds.